The number of aromatic amines is 1. The molecule has 18 heavy (non-hydrogen) atoms. The Labute approximate surface area is 113 Å². The van der Waals surface area contributed by atoms with Gasteiger partial charge in [-0.2, -0.15) is 0 Å². The lowest BCUT2D eigenvalue weighted by atomic mass is 10.1. The summed E-state index contributed by atoms with van der Waals surface area (Å²) in [6.07, 6.45) is 3.51. The summed E-state index contributed by atoms with van der Waals surface area (Å²) in [4.78, 5) is 14.8. The zero-order valence-electron chi connectivity index (χ0n) is 9.99. The van der Waals surface area contributed by atoms with Crippen LogP contribution in [0.3, 0.4) is 0 Å². The van der Waals surface area contributed by atoms with Crippen molar-refractivity contribution in [2.75, 3.05) is 6.61 Å². The highest BCUT2D eigenvalue weighted by Gasteiger charge is 2.17. The van der Waals surface area contributed by atoms with E-state index >= 15 is 0 Å². The number of fused-ring (bicyclic) bond motifs is 1. The van der Waals surface area contributed by atoms with Crippen LogP contribution < -0.4 is 5.69 Å². The lowest BCUT2D eigenvalue weighted by molar-refractivity contribution is 0.00613. The fourth-order valence-corrected chi connectivity index (χ4v) is 2.81. The SMILES string of the molecule is O=c1[nH]c2ccc(Br)cc2n1CC1CCCCO1. The van der Waals surface area contributed by atoms with Crippen molar-refractivity contribution in [3.63, 3.8) is 0 Å². The third-order valence-corrected chi connectivity index (χ3v) is 3.89. The minimum Gasteiger partial charge on any atom is -0.376 e. The van der Waals surface area contributed by atoms with Gasteiger partial charge in [0.15, 0.2) is 0 Å². The van der Waals surface area contributed by atoms with Gasteiger partial charge in [-0.05, 0) is 37.5 Å². The van der Waals surface area contributed by atoms with Crippen molar-refractivity contribution in [3.05, 3.63) is 33.2 Å². The number of nitrogens with zero attached hydrogens (tertiary/aromatic N) is 1. The van der Waals surface area contributed by atoms with Crippen LogP contribution in [0.2, 0.25) is 0 Å². The maximum absolute atomic E-state index is 12.0. The van der Waals surface area contributed by atoms with Gasteiger partial charge in [-0.25, -0.2) is 4.79 Å². The number of H-pyrrole nitrogens is 1. The number of ether oxygens (including phenoxy) is 1. The molecule has 1 N–H and O–H groups in total. The number of hydrogen-bond acceptors (Lipinski definition) is 2. The number of rotatable bonds is 2. The van der Waals surface area contributed by atoms with Crippen molar-refractivity contribution in [2.45, 2.75) is 31.9 Å². The summed E-state index contributed by atoms with van der Waals surface area (Å²) in [5.41, 5.74) is 1.75. The molecule has 1 fully saturated rings. The van der Waals surface area contributed by atoms with Gasteiger partial charge >= 0.3 is 5.69 Å². The third kappa shape index (κ3) is 2.24. The first kappa shape index (κ1) is 12.0. The topological polar surface area (TPSA) is 47.0 Å². The number of aromatic nitrogens is 2. The number of benzene rings is 1. The smallest absolute Gasteiger partial charge is 0.326 e. The largest absolute Gasteiger partial charge is 0.376 e. The Kier molecular flexibility index (Phi) is 3.26. The number of imidazole rings is 1. The van der Waals surface area contributed by atoms with Gasteiger partial charge in [0.1, 0.15) is 0 Å². The molecule has 1 aromatic heterocycles. The van der Waals surface area contributed by atoms with Crippen LogP contribution >= 0.6 is 15.9 Å². The highest BCUT2D eigenvalue weighted by atomic mass is 79.9. The monoisotopic (exact) mass is 310 g/mol. The molecule has 0 radical (unpaired) electrons. The summed E-state index contributed by atoms with van der Waals surface area (Å²) in [6.45, 7) is 1.45. The van der Waals surface area contributed by atoms with E-state index in [1.807, 2.05) is 18.2 Å². The minimum atomic E-state index is -0.0581. The van der Waals surface area contributed by atoms with Crippen LogP contribution in [0.25, 0.3) is 11.0 Å². The van der Waals surface area contributed by atoms with E-state index in [4.69, 9.17) is 4.74 Å². The zero-order chi connectivity index (χ0) is 12.5. The Hall–Kier alpha value is -1.07. The quantitative estimate of drug-likeness (QED) is 0.927. The molecule has 4 nitrogen and oxygen atoms in total. The lowest BCUT2D eigenvalue weighted by Gasteiger charge is -2.22. The van der Waals surface area contributed by atoms with Crippen LogP contribution in [-0.4, -0.2) is 22.3 Å². The summed E-state index contributed by atoms with van der Waals surface area (Å²) >= 11 is 3.44. The Morgan fingerprint density at radius 3 is 3.11 bits per heavy atom. The van der Waals surface area contributed by atoms with Crippen LogP contribution in [0.15, 0.2) is 27.5 Å². The summed E-state index contributed by atoms with van der Waals surface area (Å²) in [6, 6.07) is 5.81. The molecule has 2 aromatic rings. The molecule has 0 bridgehead atoms. The lowest BCUT2D eigenvalue weighted by Crippen LogP contribution is -2.29. The van der Waals surface area contributed by atoms with Gasteiger partial charge in [-0.15, -0.1) is 0 Å². The van der Waals surface area contributed by atoms with Crippen molar-refractivity contribution in [1.29, 1.82) is 0 Å². The van der Waals surface area contributed by atoms with E-state index in [2.05, 4.69) is 20.9 Å². The van der Waals surface area contributed by atoms with Gasteiger partial charge < -0.3 is 9.72 Å². The molecular weight excluding hydrogens is 296 g/mol. The van der Waals surface area contributed by atoms with Crippen molar-refractivity contribution in [1.82, 2.24) is 9.55 Å². The molecule has 1 saturated heterocycles. The van der Waals surface area contributed by atoms with E-state index in [0.717, 1.165) is 35.0 Å². The van der Waals surface area contributed by atoms with E-state index in [1.54, 1.807) is 4.57 Å². The third-order valence-electron chi connectivity index (χ3n) is 3.40. The fraction of sp³-hybridized carbons (Fsp3) is 0.462. The summed E-state index contributed by atoms with van der Waals surface area (Å²) < 4.78 is 8.45. The highest BCUT2D eigenvalue weighted by molar-refractivity contribution is 9.10. The average molecular weight is 311 g/mol. The molecule has 1 unspecified atom stereocenters. The first-order chi connectivity index (χ1) is 8.74. The summed E-state index contributed by atoms with van der Waals surface area (Å²) in [5, 5.41) is 0. The highest BCUT2D eigenvalue weighted by Crippen LogP contribution is 2.19. The second-order valence-corrected chi connectivity index (χ2v) is 5.61. The molecule has 0 saturated carbocycles. The van der Waals surface area contributed by atoms with Crippen LogP contribution in [0.5, 0.6) is 0 Å². The van der Waals surface area contributed by atoms with E-state index in [1.165, 1.54) is 6.42 Å². The van der Waals surface area contributed by atoms with Gasteiger partial charge in [0.2, 0.25) is 0 Å². The van der Waals surface area contributed by atoms with Crippen LogP contribution in [0.4, 0.5) is 0 Å². The molecule has 1 aliphatic rings. The zero-order valence-corrected chi connectivity index (χ0v) is 11.6. The van der Waals surface area contributed by atoms with Gasteiger partial charge in [0.05, 0.1) is 23.7 Å². The van der Waals surface area contributed by atoms with Crippen molar-refractivity contribution < 1.29 is 4.74 Å². The molecule has 0 spiro atoms. The molecule has 3 rings (SSSR count). The minimum absolute atomic E-state index is 0.0581. The summed E-state index contributed by atoms with van der Waals surface area (Å²) in [5.74, 6) is 0. The normalized spacial score (nSPS) is 20.4. The van der Waals surface area contributed by atoms with Gasteiger partial charge in [0, 0.05) is 11.1 Å². The van der Waals surface area contributed by atoms with Crippen molar-refractivity contribution in [3.8, 4) is 0 Å². The Morgan fingerprint density at radius 1 is 1.44 bits per heavy atom. The Balaban J connectivity index is 1.97. The fourth-order valence-electron chi connectivity index (χ4n) is 2.46. The first-order valence-corrected chi connectivity index (χ1v) is 7.03. The number of hydrogen-bond donors (Lipinski definition) is 1. The predicted octanol–water partition coefficient (Wildman–Crippen LogP) is 2.66. The van der Waals surface area contributed by atoms with Crippen LogP contribution in [0, 0.1) is 0 Å². The maximum Gasteiger partial charge on any atom is 0.326 e. The molecule has 1 aromatic carbocycles. The molecule has 1 atom stereocenters. The van der Waals surface area contributed by atoms with E-state index in [-0.39, 0.29) is 11.8 Å². The molecule has 5 heteroatoms. The number of nitrogens with one attached hydrogen (secondary N) is 1. The van der Waals surface area contributed by atoms with Gasteiger partial charge in [-0.3, -0.25) is 4.57 Å². The molecule has 1 aliphatic heterocycles. The molecule has 0 aliphatic carbocycles. The molecule has 2 heterocycles. The van der Waals surface area contributed by atoms with E-state index < -0.39 is 0 Å². The molecular formula is C13H15BrN2O2. The van der Waals surface area contributed by atoms with E-state index in [9.17, 15) is 4.79 Å². The van der Waals surface area contributed by atoms with Crippen molar-refractivity contribution in [2.24, 2.45) is 0 Å². The molecule has 0 amide bonds. The average Bonchev–Trinajstić information content (AvgIpc) is 2.67. The predicted molar refractivity (Wildman–Crippen MR) is 73.8 cm³/mol. The van der Waals surface area contributed by atoms with Crippen LogP contribution in [-0.2, 0) is 11.3 Å². The first-order valence-electron chi connectivity index (χ1n) is 6.24. The summed E-state index contributed by atoms with van der Waals surface area (Å²) in [7, 11) is 0. The Bertz CT molecular complexity index is 611. The maximum atomic E-state index is 12.0. The van der Waals surface area contributed by atoms with Gasteiger partial charge in [-0.1, -0.05) is 15.9 Å². The van der Waals surface area contributed by atoms with Crippen LogP contribution in [0.1, 0.15) is 19.3 Å². The second kappa shape index (κ2) is 4.90. The molecule has 96 valence electrons. The second-order valence-electron chi connectivity index (χ2n) is 4.69. The van der Waals surface area contributed by atoms with Crippen molar-refractivity contribution >= 4 is 27.0 Å². The van der Waals surface area contributed by atoms with E-state index in [0.29, 0.717) is 6.54 Å². The standard InChI is InChI=1S/C13H15BrN2O2/c14-9-4-5-11-12(7-9)16(13(17)15-11)8-10-3-1-2-6-18-10/h4-5,7,10H,1-3,6,8H2,(H,15,17). The number of halogens is 1. The van der Waals surface area contributed by atoms with Gasteiger partial charge in [0.25, 0.3) is 0 Å². The Morgan fingerprint density at radius 2 is 2.33 bits per heavy atom.